The molecule has 2 N–H and O–H groups in total. The smallest absolute Gasteiger partial charge is 0.0572 e. The zero-order valence-electron chi connectivity index (χ0n) is 6.26. The van der Waals surface area contributed by atoms with Gasteiger partial charge in [-0.05, 0) is 19.3 Å². The minimum Gasteiger partial charge on any atom is -0.393 e. The second-order valence-electron chi connectivity index (χ2n) is 2.43. The Morgan fingerprint density at radius 2 is 1.90 bits per heavy atom. The van der Waals surface area contributed by atoms with Crippen LogP contribution in [0.3, 0.4) is 0 Å². The zero-order chi connectivity index (χ0) is 7.98. The Kier molecular flexibility index (Phi) is 6.38. The molecule has 0 amide bonds. The summed E-state index contributed by atoms with van der Waals surface area (Å²) in [5.74, 6) is 0. The standard InChI is InChI=1S/C7H15BrO2/c1-2-6(9)5-7(10)3-4-8/h6-7,9-10H,2-5H2,1H3. The van der Waals surface area contributed by atoms with Crippen LogP contribution < -0.4 is 0 Å². The molecule has 0 saturated carbocycles. The largest absolute Gasteiger partial charge is 0.393 e. The van der Waals surface area contributed by atoms with Crippen molar-refractivity contribution in [1.29, 1.82) is 0 Å². The summed E-state index contributed by atoms with van der Waals surface area (Å²) in [5.41, 5.74) is 0. The van der Waals surface area contributed by atoms with E-state index in [9.17, 15) is 0 Å². The summed E-state index contributed by atoms with van der Waals surface area (Å²) in [6.07, 6.45) is 1.25. The van der Waals surface area contributed by atoms with Gasteiger partial charge in [0.25, 0.3) is 0 Å². The molecule has 0 radical (unpaired) electrons. The van der Waals surface area contributed by atoms with Crippen LogP contribution >= 0.6 is 15.9 Å². The van der Waals surface area contributed by atoms with Gasteiger partial charge in [-0.3, -0.25) is 0 Å². The maximum Gasteiger partial charge on any atom is 0.0572 e. The van der Waals surface area contributed by atoms with Crippen LogP contribution in [-0.2, 0) is 0 Å². The van der Waals surface area contributed by atoms with Gasteiger partial charge < -0.3 is 10.2 Å². The molecule has 0 aliphatic heterocycles. The summed E-state index contributed by atoms with van der Waals surface area (Å²) in [6.45, 7) is 1.91. The second-order valence-corrected chi connectivity index (χ2v) is 3.22. The average molecular weight is 211 g/mol. The summed E-state index contributed by atoms with van der Waals surface area (Å²) in [5, 5.41) is 19.0. The SMILES string of the molecule is CCC(O)CC(O)CCBr. The average Bonchev–Trinajstić information content (AvgIpc) is 1.88. The van der Waals surface area contributed by atoms with E-state index >= 15 is 0 Å². The summed E-state index contributed by atoms with van der Waals surface area (Å²) >= 11 is 3.22. The normalized spacial score (nSPS) is 16.8. The molecule has 62 valence electrons. The minimum atomic E-state index is -0.352. The fourth-order valence-electron chi connectivity index (χ4n) is 0.725. The first-order chi connectivity index (χ1) is 4.70. The van der Waals surface area contributed by atoms with Gasteiger partial charge in [-0.2, -0.15) is 0 Å². The van der Waals surface area contributed by atoms with Gasteiger partial charge in [-0.25, -0.2) is 0 Å². The third-order valence-corrected chi connectivity index (χ3v) is 1.92. The lowest BCUT2D eigenvalue weighted by Crippen LogP contribution is -2.16. The van der Waals surface area contributed by atoms with Crippen LogP contribution in [0.25, 0.3) is 0 Å². The molecule has 0 fully saturated rings. The fraction of sp³-hybridized carbons (Fsp3) is 1.00. The second kappa shape index (κ2) is 6.13. The molecule has 2 unspecified atom stereocenters. The number of rotatable bonds is 5. The monoisotopic (exact) mass is 210 g/mol. The molecule has 0 aromatic rings. The van der Waals surface area contributed by atoms with E-state index in [0.717, 1.165) is 18.2 Å². The van der Waals surface area contributed by atoms with Gasteiger partial charge in [0.05, 0.1) is 12.2 Å². The van der Waals surface area contributed by atoms with Crippen molar-refractivity contribution < 1.29 is 10.2 Å². The highest BCUT2D eigenvalue weighted by atomic mass is 79.9. The van der Waals surface area contributed by atoms with Crippen molar-refractivity contribution in [3.05, 3.63) is 0 Å². The van der Waals surface area contributed by atoms with Gasteiger partial charge in [0.15, 0.2) is 0 Å². The maximum atomic E-state index is 9.16. The molecular weight excluding hydrogens is 196 g/mol. The molecule has 0 heterocycles. The molecule has 0 saturated heterocycles. The van der Waals surface area contributed by atoms with Crippen LogP contribution in [0.4, 0.5) is 0 Å². The highest BCUT2D eigenvalue weighted by Crippen LogP contribution is 2.06. The molecular formula is C7H15BrO2. The highest BCUT2D eigenvalue weighted by Gasteiger charge is 2.08. The van der Waals surface area contributed by atoms with Crippen LogP contribution in [-0.4, -0.2) is 27.8 Å². The fourth-order valence-corrected chi connectivity index (χ4v) is 1.25. The Labute approximate surface area is 70.4 Å². The predicted molar refractivity (Wildman–Crippen MR) is 45.3 cm³/mol. The number of alkyl halides is 1. The van der Waals surface area contributed by atoms with Gasteiger partial charge in [0, 0.05) is 5.33 Å². The van der Waals surface area contributed by atoms with E-state index in [1.165, 1.54) is 0 Å². The maximum absolute atomic E-state index is 9.16. The van der Waals surface area contributed by atoms with Gasteiger partial charge in [0.1, 0.15) is 0 Å². The van der Waals surface area contributed by atoms with E-state index in [2.05, 4.69) is 15.9 Å². The first kappa shape index (κ1) is 10.4. The highest BCUT2D eigenvalue weighted by molar-refractivity contribution is 9.09. The van der Waals surface area contributed by atoms with E-state index in [4.69, 9.17) is 10.2 Å². The lowest BCUT2D eigenvalue weighted by molar-refractivity contribution is 0.0773. The first-order valence-electron chi connectivity index (χ1n) is 3.62. The van der Waals surface area contributed by atoms with Crippen molar-refractivity contribution in [2.75, 3.05) is 5.33 Å². The van der Waals surface area contributed by atoms with E-state index in [-0.39, 0.29) is 12.2 Å². The molecule has 0 aromatic carbocycles. The number of hydrogen-bond acceptors (Lipinski definition) is 2. The van der Waals surface area contributed by atoms with E-state index in [0.29, 0.717) is 6.42 Å². The summed E-state index contributed by atoms with van der Waals surface area (Å²) in [7, 11) is 0. The number of aliphatic hydroxyl groups is 2. The third kappa shape index (κ3) is 5.21. The van der Waals surface area contributed by atoms with Gasteiger partial charge >= 0.3 is 0 Å². The molecule has 0 aliphatic carbocycles. The lowest BCUT2D eigenvalue weighted by atomic mass is 10.1. The molecule has 0 spiro atoms. The number of halogens is 1. The van der Waals surface area contributed by atoms with Gasteiger partial charge in [-0.1, -0.05) is 22.9 Å². The van der Waals surface area contributed by atoms with E-state index in [1.807, 2.05) is 6.92 Å². The van der Waals surface area contributed by atoms with Crippen molar-refractivity contribution in [2.24, 2.45) is 0 Å². The molecule has 10 heavy (non-hydrogen) atoms. The van der Waals surface area contributed by atoms with Gasteiger partial charge in [0.2, 0.25) is 0 Å². The summed E-state index contributed by atoms with van der Waals surface area (Å²) < 4.78 is 0. The predicted octanol–water partition coefficient (Wildman–Crippen LogP) is 1.29. The Morgan fingerprint density at radius 1 is 1.30 bits per heavy atom. The number of hydrogen-bond donors (Lipinski definition) is 2. The van der Waals surface area contributed by atoms with E-state index < -0.39 is 0 Å². The molecule has 2 nitrogen and oxygen atoms in total. The Hall–Kier alpha value is 0.400. The van der Waals surface area contributed by atoms with Crippen molar-refractivity contribution in [2.45, 2.75) is 38.4 Å². The Bertz CT molecular complexity index is 78.0. The van der Waals surface area contributed by atoms with Crippen molar-refractivity contribution in [3.63, 3.8) is 0 Å². The minimum absolute atomic E-state index is 0.339. The van der Waals surface area contributed by atoms with Crippen molar-refractivity contribution >= 4 is 15.9 Å². The van der Waals surface area contributed by atoms with E-state index in [1.54, 1.807) is 0 Å². The van der Waals surface area contributed by atoms with Crippen molar-refractivity contribution in [1.82, 2.24) is 0 Å². The van der Waals surface area contributed by atoms with Crippen LogP contribution in [0.5, 0.6) is 0 Å². The van der Waals surface area contributed by atoms with Crippen LogP contribution in [0.15, 0.2) is 0 Å². The molecule has 0 aliphatic rings. The van der Waals surface area contributed by atoms with Crippen LogP contribution in [0.2, 0.25) is 0 Å². The lowest BCUT2D eigenvalue weighted by Gasteiger charge is -2.12. The molecule has 0 bridgehead atoms. The molecule has 3 heteroatoms. The first-order valence-corrected chi connectivity index (χ1v) is 4.75. The summed E-state index contributed by atoms with van der Waals surface area (Å²) in [6, 6.07) is 0. The Morgan fingerprint density at radius 3 is 2.30 bits per heavy atom. The quantitative estimate of drug-likeness (QED) is 0.672. The topological polar surface area (TPSA) is 40.5 Å². The van der Waals surface area contributed by atoms with Crippen molar-refractivity contribution in [3.8, 4) is 0 Å². The number of aliphatic hydroxyl groups excluding tert-OH is 2. The zero-order valence-corrected chi connectivity index (χ0v) is 7.84. The molecule has 2 atom stereocenters. The Balaban J connectivity index is 3.27. The summed E-state index contributed by atoms with van der Waals surface area (Å²) in [4.78, 5) is 0. The van der Waals surface area contributed by atoms with Crippen LogP contribution in [0.1, 0.15) is 26.2 Å². The van der Waals surface area contributed by atoms with Crippen LogP contribution in [0, 0.1) is 0 Å². The molecule has 0 aromatic heterocycles. The molecule has 0 rings (SSSR count). The van der Waals surface area contributed by atoms with Gasteiger partial charge in [-0.15, -0.1) is 0 Å². The third-order valence-electron chi connectivity index (χ3n) is 1.46.